The molecule has 1 saturated carbocycles. The van der Waals surface area contributed by atoms with E-state index >= 15 is 0 Å². The van der Waals surface area contributed by atoms with Crippen molar-refractivity contribution in [2.24, 2.45) is 5.41 Å². The summed E-state index contributed by atoms with van der Waals surface area (Å²) in [6.45, 7) is 6.69. The summed E-state index contributed by atoms with van der Waals surface area (Å²) < 4.78 is 46.2. The van der Waals surface area contributed by atoms with Gasteiger partial charge in [0, 0.05) is 29.4 Å². The maximum atomic E-state index is 13.4. The molecule has 0 saturated heterocycles. The van der Waals surface area contributed by atoms with Gasteiger partial charge < -0.3 is 15.4 Å². The Morgan fingerprint density at radius 1 is 1.20 bits per heavy atom. The standard InChI is InChI=1S/C28H26BClF3N7O/c1-26(2,3)15-36-24-16(12-34)13-35-25-19(24)10-17(11-21(25)30)37-27(29,23-14-40(39-38-23)18-8-9-18)20-6-4-5-7-22(20)41-28(31,32)33/h4-7,10-11,13-14,18,37H,8-9,15H2,1-3H3,(H,35,36). The van der Waals surface area contributed by atoms with Crippen LogP contribution in [0.2, 0.25) is 5.02 Å². The zero-order valence-electron chi connectivity index (χ0n) is 22.6. The molecule has 0 amide bonds. The fraction of sp³-hybridized carbons (Fsp3) is 0.357. The highest BCUT2D eigenvalue weighted by molar-refractivity contribution is 6.36. The molecule has 0 spiro atoms. The molecule has 2 heterocycles. The third kappa shape index (κ3) is 6.20. The lowest BCUT2D eigenvalue weighted by atomic mass is 9.69. The van der Waals surface area contributed by atoms with Crippen molar-refractivity contribution in [3.63, 3.8) is 0 Å². The second-order valence-corrected chi connectivity index (χ2v) is 11.6. The summed E-state index contributed by atoms with van der Waals surface area (Å²) >= 11 is 6.65. The number of alkyl halides is 3. The average Bonchev–Trinajstić information content (AvgIpc) is 3.61. The summed E-state index contributed by atoms with van der Waals surface area (Å²) in [5.41, 5.74) is -0.152. The first-order chi connectivity index (χ1) is 19.3. The third-order valence-electron chi connectivity index (χ3n) is 6.56. The van der Waals surface area contributed by atoms with E-state index in [0.29, 0.717) is 34.4 Å². The molecule has 5 rings (SSSR count). The van der Waals surface area contributed by atoms with Crippen LogP contribution in [0.5, 0.6) is 5.75 Å². The van der Waals surface area contributed by atoms with E-state index in [4.69, 9.17) is 19.4 Å². The van der Waals surface area contributed by atoms with Gasteiger partial charge in [0.05, 0.1) is 39.5 Å². The molecule has 4 aromatic rings. The maximum absolute atomic E-state index is 13.4. The molecule has 8 nitrogen and oxygen atoms in total. The minimum atomic E-state index is -4.96. The van der Waals surface area contributed by atoms with Crippen LogP contribution in [0, 0.1) is 16.7 Å². The zero-order chi connectivity index (χ0) is 29.6. The molecule has 1 aliphatic rings. The van der Waals surface area contributed by atoms with Crippen molar-refractivity contribution < 1.29 is 17.9 Å². The number of ether oxygens (including phenoxy) is 1. The second-order valence-electron chi connectivity index (χ2n) is 11.2. The summed E-state index contributed by atoms with van der Waals surface area (Å²) in [5, 5.41) is 25.5. The van der Waals surface area contributed by atoms with Gasteiger partial charge in [0.25, 0.3) is 0 Å². The molecule has 0 bridgehead atoms. The molecule has 1 unspecified atom stereocenters. The van der Waals surface area contributed by atoms with Gasteiger partial charge in [0.2, 0.25) is 0 Å². The number of nitriles is 1. The van der Waals surface area contributed by atoms with Gasteiger partial charge in [-0.3, -0.25) is 4.98 Å². The van der Waals surface area contributed by atoms with Crippen LogP contribution in [0.4, 0.5) is 24.5 Å². The Morgan fingerprint density at radius 3 is 2.59 bits per heavy atom. The van der Waals surface area contributed by atoms with Crippen LogP contribution in [-0.2, 0) is 5.44 Å². The monoisotopic (exact) mass is 579 g/mol. The van der Waals surface area contributed by atoms with E-state index in [-0.39, 0.29) is 27.7 Å². The molecule has 2 radical (unpaired) electrons. The number of anilines is 2. The molecular formula is C28H26BClF3N7O. The van der Waals surface area contributed by atoms with Crippen LogP contribution < -0.4 is 15.4 Å². The van der Waals surface area contributed by atoms with Crippen molar-refractivity contribution in [1.82, 2.24) is 20.0 Å². The lowest BCUT2D eigenvalue weighted by Crippen LogP contribution is -2.38. The third-order valence-corrected chi connectivity index (χ3v) is 6.84. The highest BCUT2D eigenvalue weighted by Crippen LogP contribution is 2.41. The van der Waals surface area contributed by atoms with Gasteiger partial charge in [-0.25, -0.2) is 4.68 Å². The quantitative estimate of drug-likeness (QED) is 0.229. The van der Waals surface area contributed by atoms with Crippen molar-refractivity contribution in [3.05, 3.63) is 70.6 Å². The molecule has 1 aliphatic carbocycles. The molecule has 2 aromatic carbocycles. The smallest absolute Gasteiger partial charge is 0.405 e. The molecule has 1 fully saturated rings. The number of para-hydroxylation sites is 1. The van der Waals surface area contributed by atoms with E-state index in [1.54, 1.807) is 29.1 Å². The Balaban J connectivity index is 1.66. The first-order valence-electron chi connectivity index (χ1n) is 12.9. The molecule has 2 N–H and O–H groups in total. The van der Waals surface area contributed by atoms with Crippen LogP contribution >= 0.6 is 11.6 Å². The number of nitrogens with zero attached hydrogens (tertiary/aromatic N) is 5. The number of rotatable bonds is 8. The number of benzene rings is 2. The molecule has 210 valence electrons. The van der Waals surface area contributed by atoms with Crippen molar-refractivity contribution in [2.45, 2.75) is 51.5 Å². The Bertz CT molecular complexity index is 1640. The van der Waals surface area contributed by atoms with Crippen LogP contribution in [-0.4, -0.2) is 40.7 Å². The predicted molar refractivity (Wildman–Crippen MR) is 151 cm³/mol. The van der Waals surface area contributed by atoms with E-state index in [1.807, 2.05) is 20.8 Å². The minimum Gasteiger partial charge on any atom is -0.405 e. The van der Waals surface area contributed by atoms with Gasteiger partial charge in [0.15, 0.2) is 0 Å². The predicted octanol–water partition coefficient (Wildman–Crippen LogP) is 6.52. The Morgan fingerprint density at radius 2 is 1.93 bits per heavy atom. The normalized spacial score (nSPS) is 15.3. The summed E-state index contributed by atoms with van der Waals surface area (Å²) in [4.78, 5) is 4.37. The summed E-state index contributed by atoms with van der Waals surface area (Å²) in [5.74, 6) is -0.496. The molecule has 0 aliphatic heterocycles. The lowest BCUT2D eigenvalue weighted by molar-refractivity contribution is -0.275. The lowest BCUT2D eigenvalue weighted by Gasteiger charge is -2.33. The minimum absolute atomic E-state index is 0.0219. The number of hydrogen-bond acceptors (Lipinski definition) is 7. The largest absolute Gasteiger partial charge is 0.573 e. The van der Waals surface area contributed by atoms with E-state index in [0.717, 1.165) is 12.8 Å². The van der Waals surface area contributed by atoms with Crippen molar-refractivity contribution in [1.29, 1.82) is 5.26 Å². The van der Waals surface area contributed by atoms with E-state index in [2.05, 4.69) is 36.7 Å². The zero-order valence-corrected chi connectivity index (χ0v) is 23.3. The van der Waals surface area contributed by atoms with Gasteiger partial charge in [-0.2, -0.15) is 5.26 Å². The molecule has 13 heteroatoms. The molecule has 2 aromatic heterocycles. The van der Waals surface area contributed by atoms with E-state index in [1.165, 1.54) is 24.4 Å². The fourth-order valence-electron chi connectivity index (χ4n) is 4.44. The number of fused-ring (bicyclic) bond motifs is 1. The van der Waals surface area contributed by atoms with Crippen LogP contribution in [0.3, 0.4) is 0 Å². The number of pyridine rings is 1. The maximum Gasteiger partial charge on any atom is 0.573 e. The van der Waals surface area contributed by atoms with E-state index in [9.17, 15) is 18.4 Å². The second kappa shape index (κ2) is 10.5. The molecular weight excluding hydrogens is 554 g/mol. The highest BCUT2D eigenvalue weighted by Gasteiger charge is 2.39. The van der Waals surface area contributed by atoms with Crippen LogP contribution in [0.15, 0.2) is 48.8 Å². The van der Waals surface area contributed by atoms with E-state index < -0.39 is 17.6 Å². The number of halogens is 4. The highest BCUT2D eigenvalue weighted by atomic mass is 35.5. The van der Waals surface area contributed by atoms with Gasteiger partial charge in [0.1, 0.15) is 25.4 Å². The summed E-state index contributed by atoms with van der Waals surface area (Å²) in [6, 6.07) is 11.2. The SMILES string of the molecule is [B]C(Nc1cc(Cl)c2ncc(C#N)c(NCC(C)(C)C)c2c1)(c1cn(C2CC2)nn1)c1ccccc1OC(F)(F)F. The van der Waals surface area contributed by atoms with Gasteiger partial charge in [-0.05, 0) is 36.5 Å². The molecule has 41 heavy (non-hydrogen) atoms. The first-order valence-corrected chi connectivity index (χ1v) is 13.3. The fourth-order valence-corrected chi connectivity index (χ4v) is 4.71. The van der Waals surface area contributed by atoms with Crippen LogP contribution in [0.1, 0.15) is 56.5 Å². The van der Waals surface area contributed by atoms with Crippen LogP contribution in [0.25, 0.3) is 10.9 Å². The summed E-state index contributed by atoms with van der Waals surface area (Å²) in [6.07, 6.45) is -0.0630. The topological polar surface area (TPSA) is 101 Å². The van der Waals surface area contributed by atoms with Crippen molar-refractivity contribution in [3.8, 4) is 11.8 Å². The Hall–Kier alpha value is -3.98. The Kier molecular flexibility index (Phi) is 7.28. The number of aromatic nitrogens is 4. The molecule has 1 atom stereocenters. The van der Waals surface area contributed by atoms with Crippen molar-refractivity contribution in [2.75, 3.05) is 17.2 Å². The van der Waals surface area contributed by atoms with Gasteiger partial charge in [-0.1, -0.05) is 55.8 Å². The number of hydrogen-bond donors (Lipinski definition) is 2. The van der Waals surface area contributed by atoms with Gasteiger partial charge >= 0.3 is 6.36 Å². The summed E-state index contributed by atoms with van der Waals surface area (Å²) in [7, 11) is 6.93. The van der Waals surface area contributed by atoms with Gasteiger partial charge in [-0.15, -0.1) is 18.3 Å². The average molecular weight is 580 g/mol. The number of nitrogens with one attached hydrogen (secondary N) is 2. The first kappa shape index (κ1) is 28.5. The Labute approximate surface area is 241 Å². The van der Waals surface area contributed by atoms with Crippen molar-refractivity contribution >= 4 is 41.7 Å².